The predicted octanol–water partition coefficient (Wildman–Crippen LogP) is 4.06. The number of piperidine rings is 1. The van der Waals surface area contributed by atoms with Crippen molar-refractivity contribution in [3.05, 3.63) is 47.6 Å². The highest BCUT2D eigenvalue weighted by atomic mass is 35.5. The lowest BCUT2D eigenvalue weighted by Crippen LogP contribution is -2.35. The summed E-state index contributed by atoms with van der Waals surface area (Å²) in [6, 6.07) is 10.9. The van der Waals surface area contributed by atoms with E-state index in [0.717, 1.165) is 29.2 Å². The van der Waals surface area contributed by atoms with Gasteiger partial charge in [0.15, 0.2) is 0 Å². The van der Waals surface area contributed by atoms with Gasteiger partial charge >= 0.3 is 0 Å². The van der Waals surface area contributed by atoms with Crippen LogP contribution < -0.4 is 0 Å². The number of aromatic nitrogens is 1. The summed E-state index contributed by atoms with van der Waals surface area (Å²) in [7, 11) is -3.42. The summed E-state index contributed by atoms with van der Waals surface area (Å²) in [6.07, 6.45) is 4.38. The largest absolute Gasteiger partial charge is 0.248 e. The van der Waals surface area contributed by atoms with Crippen molar-refractivity contribution in [1.29, 1.82) is 0 Å². The summed E-state index contributed by atoms with van der Waals surface area (Å²) in [4.78, 5) is 5.42. The monoisotopic (exact) mass is 368 g/mol. The zero-order valence-electron chi connectivity index (χ0n) is 12.5. The third-order valence-corrected chi connectivity index (χ3v) is 7.06. The van der Waals surface area contributed by atoms with Gasteiger partial charge in [-0.1, -0.05) is 41.9 Å². The molecule has 0 aliphatic carbocycles. The number of hydrogen-bond acceptors (Lipinski definition) is 4. The molecule has 1 saturated heterocycles. The van der Waals surface area contributed by atoms with Crippen molar-refractivity contribution in [2.75, 3.05) is 13.1 Å². The number of sulfonamides is 1. The van der Waals surface area contributed by atoms with Crippen molar-refractivity contribution in [2.24, 2.45) is 0 Å². The quantitative estimate of drug-likeness (QED) is 0.816. The molecule has 0 saturated carbocycles. The number of rotatable bonds is 4. The van der Waals surface area contributed by atoms with Crippen LogP contribution in [0.4, 0.5) is 0 Å². The van der Waals surface area contributed by atoms with E-state index in [-0.39, 0.29) is 4.90 Å². The summed E-state index contributed by atoms with van der Waals surface area (Å²) in [6.45, 7) is 1.19. The third kappa shape index (κ3) is 3.88. The zero-order chi connectivity index (χ0) is 16.3. The number of nitrogens with zero attached hydrogens (tertiary/aromatic N) is 2. The molecule has 1 aromatic carbocycles. The molecule has 122 valence electrons. The second-order valence-corrected chi connectivity index (χ2v) is 8.74. The molecule has 7 heteroatoms. The van der Waals surface area contributed by atoms with Crippen LogP contribution in [-0.2, 0) is 10.0 Å². The number of pyridine rings is 1. The molecule has 0 bridgehead atoms. The molecule has 23 heavy (non-hydrogen) atoms. The lowest BCUT2D eigenvalue weighted by atomic mass is 10.2. The molecular weight excluding hydrogens is 352 g/mol. The number of hydrogen-bond donors (Lipinski definition) is 0. The fraction of sp³-hybridized carbons (Fsp3) is 0.312. The van der Waals surface area contributed by atoms with E-state index in [1.165, 1.54) is 18.0 Å². The Morgan fingerprint density at radius 1 is 1.04 bits per heavy atom. The molecule has 0 atom stereocenters. The van der Waals surface area contributed by atoms with Crippen LogP contribution in [-0.4, -0.2) is 30.8 Å². The molecule has 0 amide bonds. The Kier molecular flexibility index (Phi) is 5.26. The van der Waals surface area contributed by atoms with Crippen molar-refractivity contribution >= 4 is 33.4 Å². The SMILES string of the molecule is O=S(=O)(c1ccc(Sc2ccccc2Cl)nc1)N1CCCCC1. The van der Waals surface area contributed by atoms with Gasteiger partial charge in [-0.05, 0) is 37.1 Å². The molecule has 2 aromatic rings. The van der Waals surface area contributed by atoms with Gasteiger partial charge in [0.25, 0.3) is 0 Å². The van der Waals surface area contributed by atoms with Gasteiger partial charge in [0.05, 0.1) is 5.02 Å². The molecule has 1 fully saturated rings. The Hall–Kier alpha value is -1.08. The molecule has 1 aliphatic heterocycles. The van der Waals surface area contributed by atoms with E-state index in [1.807, 2.05) is 24.3 Å². The van der Waals surface area contributed by atoms with Gasteiger partial charge in [-0.25, -0.2) is 13.4 Å². The van der Waals surface area contributed by atoms with E-state index in [2.05, 4.69) is 4.98 Å². The average molecular weight is 369 g/mol. The minimum Gasteiger partial charge on any atom is -0.248 e. The number of halogens is 1. The predicted molar refractivity (Wildman–Crippen MR) is 92.4 cm³/mol. The first kappa shape index (κ1) is 16.8. The first-order chi connectivity index (χ1) is 11.1. The fourth-order valence-electron chi connectivity index (χ4n) is 2.47. The smallest absolute Gasteiger partial charge is 0.244 e. The minimum absolute atomic E-state index is 0.253. The highest BCUT2D eigenvalue weighted by molar-refractivity contribution is 7.99. The lowest BCUT2D eigenvalue weighted by molar-refractivity contribution is 0.346. The van der Waals surface area contributed by atoms with E-state index in [9.17, 15) is 8.42 Å². The molecule has 4 nitrogen and oxygen atoms in total. The second kappa shape index (κ2) is 7.21. The molecule has 0 spiro atoms. The summed E-state index contributed by atoms with van der Waals surface area (Å²) in [5.74, 6) is 0. The molecule has 0 unspecified atom stereocenters. The van der Waals surface area contributed by atoms with E-state index < -0.39 is 10.0 Å². The lowest BCUT2D eigenvalue weighted by Gasteiger charge is -2.25. The summed E-state index contributed by atoms with van der Waals surface area (Å²) in [5.41, 5.74) is 0. The standard InChI is InChI=1S/C16H17ClN2O2S2/c17-14-6-2-3-7-15(14)22-16-9-8-13(12-18-16)23(20,21)19-10-4-1-5-11-19/h2-3,6-9,12H,1,4-5,10-11H2. The van der Waals surface area contributed by atoms with Crippen LogP contribution in [0.3, 0.4) is 0 Å². The van der Waals surface area contributed by atoms with Gasteiger partial charge in [0, 0.05) is 24.2 Å². The molecule has 2 heterocycles. The van der Waals surface area contributed by atoms with Crippen molar-refractivity contribution in [1.82, 2.24) is 9.29 Å². The van der Waals surface area contributed by atoms with E-state index in [1.54, 1.807) is 16.4 Å². The van der Waals surface area contributed by atoms with Gasteiger partial charge in [0.1, 0.15) is 9.92 Å². The maximum Gasteiger partial charge on any atom is 0.244 e. The highest BCUT2D eigenvalue weighted by Gasteiger charge is 2.26. The summed E-state index contributed by atoms with van der Waals surface area (Å²) >= 11 is 7.55. The Bertz CT molecular complexity index is 773. The van der Waals surface area contributed by atoms with Crippen LogP contribution in [0.25, 0.3) is 0 Å². The first-order valence-corrected chi connectivity index (χ1v) is 10.1. The topological polar surface area (TPSA) is 50.3 Å². The summed E-state index contributed by atoms with van der Waals surface area (Å²) < 4.78 is 26.7. The van der Waals surface area contributed by atoms with Gasteiger partial charge < -0.3 is 0 Å². The van der Waals surface area contributed by atoms with Crippen LogP contribution in [0.5, 0.6) is 0 Å². The Balaban J connectivity index is 1.78. The fourth-order valence-corrected chi connectivity index (χ4v) is 4.97. The normalized spacial score (nSPS) is 16.4. The molecular formula is C16H17ClN2O2S2. The van der Waals surface area contributed by atoms with Crippen molar-refractivity contribution in [3.63, 3.8) is 0 Å². The second-order valence-electron chi connectivity index (χ2n) is 5.33. The van der Waals surface area contributed by atoms with Crippen LogP contribution >= 0.6 is 23.4 Å². The van der Waals surface area contributed by atoms with E-state index >= 15 is 0 Å². The van der Waals surface area contributed by atoms with Crippen LogP contribution in [0.15, 0.2) is 57.4 Å². The van der Waals surface area contributed by atoms with Gasteiger partial charge in [0.2, 0.25) is 10.0 Å². The maximum absolute atomic E-state index is 12.6. The van der Waals surface area contributed by atoms with Crippen molar-refractivity contribution in [2.45, 2.75) is 34.1 Å². The third-order valence-electron chi connectivity index (χ3n) is 3.71. The van der Waals surface area contributed by atoms with Crippen LogP contribution in [0, 0.1) is 0 Å². The van der Waals surface area contributed by atoms with Gasteiger partial charge in [-0.3, -0.25) is 0 Å². The number of benzene rings is 1. The van der Waals surface area contributed by atoms with Crippen molar-refractivity contribution < 1.29 is 8.42 Å². The maximum atomic E-state index is 12.6. The Labute approximate surface area is 145 Å². The molecule has 0 N–H and O–H groups in total. The Morgan fingerprint density at radius 2 is 1.78 bits per heavy atom. The molecule has 1 aromatic heterocycles. The minimum atomic E-state index is -3.42. The average Bonchev–Trinajstić information content (AvgIpc) is 2.58. The first-order valence-electron chi connectivity index (χ1n) is 7.46. The van der Waals surface area contributed by atoms with Gasteiger partial charge in [-0.2, -0.15) is 4.31 Å². The molecule has 0 radical (unpaired) electrons. The van der Waals surface area contributed by atoms with Crippen molar-refractivity contribution in [3.8, 4) is 0 Å². The molecule has 3 rings (SSSR count). The van der Waals surface area contributed by atoms with Gasteiger partial charge in [-0.15, -0.1) is 0 Å². The summed E-state index contributed by atoms with van der Waals surface area (Å²) in [5, 5.41) is 1.38. The van der Waals surface area contributed by atoms with Crippen LogP contribution in [0.2, 0.25) is 5.02 Å². The van der Waals surface area contributed by atoms with E-state index in [0.29, 0.717) is 18.1 Å². The van der Waals surface area contributed by atoms with E-state index in [4.69, 9.17) is 11.6 Å². The molecule has 1 aliphatic rings. The Morgan fingerprint density at radius 3 is 2.43 bits per heavy atom. The highest BCUT2D eigenvalue weighted by Crippen LogP contribution is 2.32. The van der Waals surface area contributed by atoms with Crippen LogP contribution in [0.1, 0.15) is 19.3 Å². The zero-order valence-corrected chi connectivity index (χ0v) is 14.9.